The van der Waals surface area contributed by atoms with Gasteiger partial charge in [0.1, 0.15) is 0 Å². The van der Waals surface area contributed by atoms with E-state index in [4.69, 9.17) is 0 Å². The summed E-state index contributed by atoms with van der Waals surface area (Å²) in [6.07, 6.45) is 0.676. The predicted molar refractivity (Wildman–Crippen MR) is 73.6 cm³/mol. The zero-order valence-electron chi connectivity index (χ0n) is 11.9. The number of hydrogen-bond donors (Lipinski definition) is 1. The Kier molecular flexibility index (Phi) is 8.00. The number of sulfonamides is 1. The van der Waals surface area contributed by atoms with Gasteiger partial charge >= 0.3 is 0 Å². The zero-order valence-corrected chi connectivity index (χ0v) is 12.7. The van der Waals surface area contributed by atoms with E-state index in [1.165, 1.54) is 0 Å². The molecular formula is C12H28N2O2S. The lowest BCUT2D eigenvalue weighted by molar-refractivity contribution is 0.380. The first-order chi connectivity index (χ1) is 7.79. The molecule has 104 valence electrons. The standard InChI is InChI=1S/C12H28N2O2S/c1-6-14(10-11(2)3)17(15,16)9-7-8-13-12(4)5/h11-13H,6-10H2,1-5H3. The van der Waals surface area contributed by atoms with Crippen LogP contribution in [0.1, 0.15) is 41.0 Å². The Morgan fingerprint density at radius 1 is 1.18 bits per heavy atom. The molecule has 0 rings (SSSR count). The highest BCUT2D eigenvalue weighted by atomic mass is 32.2. The molecule has 0 spiro atoms. The molecule has 4 nitrogen and oxygen atoms in total. The van der Waals surface area contributed by atoms with Gasteiger partial charge in [0.2, 0.25) is 10.0 Å². The summed E-state index contributed by atoms with van der Waals surface area (Å²) in [5, 5.41) is 3.23. The summed E-state index contributed by atoms with van der Waals surface area (Å²) in [7, 11) is -3.07. The largest absolute Gasteiger partial charge is 0.314 e. The molecule has 0 atom stereocenters. The molecule has 0 aliphatic rings. The minimum atomic E-state index is -3.07. The lowest BCUT2D eigenvalue weighted by atomic mass is 10.2. The average Bonchev–Trinajstić information content (AvgIpc) is 2.20. The van der Waals surface area contributed by atoms with Crippen molar-refractivity contribution in [3.05, 3.63) is 0 Å². The molecule has 0 aromatic carbocycles. The second-order valence-electron chi connectivity index (χ2n) is 5.12. The van der Waals surface area contributed by atoms with Crippen LogP contribution in [-0.2, 0) is 10.0 Å². The third-order valence-corrected chi connectivity index (χ3v) is 4.45. The molecule has 0 fully saturated rings. The second-order valence-corrected chi connectivity index (χ2v) is 7.21. The van der Waals surface area contributed by atoms with E-state index in [-0.39, 0.29) is 5.75 Å². The molecule has 0 heterocycles. The molecule has 0 aliphatic heterocycles. The lowest BCUT2D eigenvalue weighted by Gasteiger charge is -2.22. The minimum Gasteiger partial charge on any atom is -0.314 e. The van der Waals surface area contributed by atoms with Crippen molar-refractivity contribution in [2.24, 2.45) is 5.92 Å². The molecule has 0 saturated carbocycles. The fourth-order valence-corrected chi connectivity index (χ4v) is 3.31. The number of rotatable bonds is 9. The fraction of sp³-hybridized carbons (Fsp3) is 1.00. The van der Waals surface area contributed by atoms with Crippen LogP contribution in [-0.4, -0.2) is 44.2 Å². The SMILES string of the molecule is CCN(CC(C)C)S(=O)(=O)CCCNC(C)C. The molecule has 5 heteroatoms. The van der Waals surface area contributed by atoms with Crippen LogP contribution in [0.5, 0.6) is 0 Å². The molecular weight excluding hydrogens is 236 g/mol. The maximum absolute atomic E-state index is 12.0. The van der Waals surface area contributed by atoms with Crippen LogP contribution < -0.4 is 5.32 Å². The molecule has 0 aliphatic carbocycles. The maximum atomic E-state index is 12.0. The van der Waals surface area contributed by atoms with Gasteiger partial charge in [-0.25, -0.2) is 12.7 Å². The van der Waals surface area contributed by atoms with Gasteiger partial charge in [-0.2, -0.15) is 0 Å². The molecule has 17 heavy (non-hydrogen) atoms. The Labute approximate surface area is 107 Å². The van der Waals surface area contributed by atoms with Crippen LogP contribution in [0.15, 0.2) is 0 Å². The van der Waals surface area contributed by atoms with Crippen molar-refractivity contribution in [2.75, 3.05) is 25.4 Å². The van der Waals surface area contributed by atoms with Crippen molar-refractivity contribution in [1.82, 2.24) is 9.62 Å². The van der Waals surface area contributed by atoms with Gasteiger partial charge in [-0.1, -0.05) is 34.6 Å². The topological polar surface area (TPSA) is 49.4 Å². The smallest absolute Gasteiger partial charge is 0.214 e. The number of hydrogen-bond acceptors (Lipinski definition) is 3. The minimum absolute atomic E-state index is 0.243. The van der Waals surface area contributed by atoms with Crippen LogP contribution in [0.4, 0.5) is 0 Å². The molecule has 0 amide bonds. The van der Waals surface area contributed by atoms with Gasteiger partial charge in [0.15, 0.2) is 0 Å². The van der Waals surface area contributed by atoms with Gasteiger partial charge in [0.25, 0.3) is 0 Å². The monoisotopic (exact) mass is 264 g/mol. The highest BCUT2D eigenvalue weighted by Crippen LogP contribution is 2.07. The summed E-state index contributed by atoms with van der Waals surface area (Å²) in [6.45, 7) is 12.0. The van der Waals surface area contributed by atoms with Crippen molar-refractivity contribution < 1.29 is 8.42 Å². The fourth-order valence-electron chi connectivity index (χ4n) is 1.62. The van der Waals surface area contributed by atoms with Crippen LogP contribution >= 0.6 is 0 Å². The van der Waals surface area contributed by atoms with E-state index in [9.17, 15) is 8.42 Å². The van der Waals surface area contributed by atoms with E-state index in [2.05, 4.69) is 19.2 Å². The number of nitrogens with zero attached hydrogens (tertiary/aromatic N) is 1. The van der Waals surface area contributed by atoms with Gasteiger partial charge in [0.05, 0.1) is 5.75 Å². The van der Waals surface area contributed by atoms with Crippen molar-refractivity contribution in [3.8, 4) is 0 Å². The summed E-state index contributed by atoms with van der Waals surface area (Å²) in [5.74, 6) is 0.617. The highest BCUT2D eigenvalue weighted by Gasteiger charge is 2.20. The normalized spacial score (nSPS) is 12.9. The van der Waals surface area contributed by atoms with Gasteiger partial charge in [-0.05, 0) is 18.9 Å². The summed E-state index contributed by atoms with van der Waals surface area (Å²) in [5.41, 5.74) is 0. The zero-order chi connectivity index (χ0) is 13.5. The van der Waals surface area contributed by atoms with Crippen LogP contribution in [0.25, 0.3) is 0 Å². The van der Waals surface area contributed by atoms with E-state index in [0.29, 0.717) is 31.5 Å². The number of nitrogens with one attached hydrogen (secondary N) is 1. The third kappa shape index (κ3) is 7.73. The maximum Gasteiger partial charge on any atom is 0.214 e. The van der Waals surface area contributed by atoms with Crippen molar-refractivity contribution in [2.45, 2.75) is 47.1 Å². The summed E-state index contributed by atoms with van der Waals surface area (Å²) in [6, 6.07) is 0.413. The molecule has 0 aromatic rings. The molecule has 0 unspecified atom stereocenters. The van der Waals surface area contributed by atoms with Crippen molar-refractivity contribution >= 4 is 10.0 Å². The Morgan fingerprint density at radius 3 is 2.18 bits per heavy atom. The summed E-state index contributed by atoms with van der Waals surface area (Å²) in [4.78, 5) is 0. The van der Waals surface area contributed by atoms with Gasteiger partial charge in [-0.3, -0.25) is 0 Å². The first-order valence-corrected chi connectivity index (χ1v) is 8.11. The van der Waals surface area contributed by atoms with Crippen molar-refractivity contribution in [1.29, 1.82) is 0 Å². The quantitative estimate of drug-likeness (QED) is 0.645. The van der Waals surface area contributed by atoms with E-state index in [1.807, 2.05) is 20.8 Å². The van der Waals surface area contributed by atoms with Gasteiger partial charge in [0, 0.05) is 19.1 Å². The second kappa shape index (κ2) is 8.06. The van der Waals surface area contributed by atoms with Crippen molar-refractivity contribution in [3.63, 3.8) is 0 Å². The van der Waals surface area contributed by atoms with Gasteiger partial charge in [-0.15, -0.1) is 0 Å². The Morgan fingerprint density at radius 2 is 1.76 bits per heavy atom. The first-order valence-electron chi connectivity index (χ1n) is 6.50. The summed E-state index contributed by atoms with van der Waals surface area (Å²) < 4.78 is 25.7. The Bertz CT molecular complexity index is 287. The molecule has 0 aromatic heterocycles. The Hall–Kier alpha value is -0.130. The van der Waals surface area contributed by atoms with E-state index in [1.54, 1.807) is 4.31 Å². The predicted octanol–water partition coefficient (Wildman–Crippen LogP) is 1.68. The van der Waals surface area contributed by atoms with Gasteiger partial charge < -0.3 is 5.32 Å². The molecule has 0 saturated heterocycles. The molecule has 1 N–H and O–H groups in total. The average molecular weight is 264 g/mol. The van der Waals surface area contributed by atoms with E-state index < -0.39 is 10.0 Å². The third-order valence-electron chi connectivity index (χ3n) is 2.45. The van der Waals surface area contributed by atoms with E-state index in [0.717, 1.165) is 6.54 Å². The Balaban J connectivity index is 4.15. The molecule has 0 radical (unpaired) electrons. The van der Waals surface area contributed by atoms with Crippen LogP contribution in [0.2, 0.25) is 0 Å². The van der Waals surface area contributed by atoms with E-state index >= 15 is 0 Å². The van der Waals surface area contributed by atoms with Crippen LogP contribution in [0.3, 0.4) is 0 Å². The van der Waals surface area contributed by atoms with Crippen LogP contribution in [0, 0.1) is 5.92 Å². The first kappa shape index (κ1) is 16.9. The highest BCUT2D eigenvalue weighted by molar-refractivity contribution is 7.89. The molecule has 0 bridgehead atoms. The lowest BCUT2D eigenvalue weighted by Crippen LogP contribution is -2.36. The summed E-state index contributed by atoms with van der Waals surface area (Å²) >= 11 is 0.